The fourth-order valence-corrected chi connectivity index (χ4v) is 2.32. The van der Waals surface area contributed by atoms with Gasteiger partial charge in [0.2, 0.25) is 5.91 Å². The number of nitrogen functional groups attached to an aromatic ring is 1. The summed E-state index contributed by atoms with van der Waals surface area (Å²) in [5, 5.41) is 2.71. The molecule has 0 atom stereocenters. The van der Waals surface area contributed by atoms with Crippen LogP contribution in [0.3, 0.4) is 0 Å². The lowest BCUT2D eigenvalue weighted by Crippen LogP contribution is -2.13. The van der Waals surface area contributed by atoms with Gasteiger partial charge in [0, 0.05) is 24.2 Å². The van der Waals surface area contributed by atoms with Crippen molar-refractivity contribution in [3.05, 3.63) is 59.7 Å². The minimum atomic E-state index is -4.19. The number of nitrogens with two attached hydrogens (primary N) is 1. The number of rotatable bonds is 6. The second kappa shape index (κ2) is 9.32. The maximum atomic E-state index is 12.3. The minimum absolute atomic E-state index is 0. The van der Waals surface area contributed by atoms with Gasteiger partial charge in [0.1, 0.15) is 0 Å². The summed E-state index contributed by atoms with van der Waals surface area (Å²) < 4.78 is 36.8. The molecule has 0 bridgehead atoms. The number of anilines is 2. The van der Waals surface area contributed by atoms with Crippen LogP contribution in [0, 0.1) is 0 Å². The van der Waals surface area contributed by atoms with Crippen LogP contribution in [0.25, 0.3) is 0 Å². The molecule has 2 aromatic rings. The smallest absolute Gasteiger partial charge is 0.389 e. The molecule has 0 heterocycles. The lowest BCUT2D eigenvalue weighted by Gasteiger charge is -2.09. The van der Waals surface area contributed by atoms with Crippen LogP contribution < -0.4 is 11.1 Å². The van der Waals surface area contributed by atoms with Crippen molar-refractivity contribution in [1.82, 2.24) is 0 Å². The number of benzene rings is 2. The Hall–Kier alpha value is -2.21. The third kappa shape index (κ3) is 7.47. The number of hydrogen-bond acceptors (Lipinski definition) is 2. The van der Waals surface area contributed by atoms with Gasteiger partial charge >= 0.3 is 6.18 Å². The van der Waals surface area contributed by atoms with Gasteiger partial charge in [0.15, 0.2) is 0 Å². The van der Waals surface area contributed by atoms with E-state index in [-0.39, 0.29) is 31.2 Å². The molecule has 2 rings (SSSR count). The van der Waals surface area contributed by atoms with Gasteiger partial charge in [0.05, 0.1) is 0 Å². The van der Waals surface area contributed by atoms with Gasteiger partial charge in [0.25, 0.3) is 0 Å². The second-order valence-electron chi connectivity index (χ2n) is 5.56. The first-order valence-corrected chi connectivity index (χ1v) is 7.62. The largest absolute Gasteiger partial charge is 0.399 e. The second-order valence-corrected chi connectivity index (χ2v) is 5.56. The summed E-state index contributed by atoms with van der Waals surface area (Å²) in [5.41, 5.74) is 8.40. The van der Waals surface area contributed by atoms with Crippen molar-refractivity contribution in [2.45, 2.75) is 31.9 Å². The van der Waals surface area contributed by atoms with E-state index < -0.39 is 12.6 Å². The zero-order chi connectivity index (χ0) is 17.6. The molecule has 0 fully saturated rings. The number of halogens is 4. The molecule has 0 aromatic heterocycles. The number of carbonyl (C=O) groups is 1. The molecule has 136 valence electrons. The normalized spacial score (nSPS) is 10.8. The average molecular weight is 373 g/mol. The van der Waals surface area contributed by atoms with E-state index in [1.54, 1.807) is 30.3 Å². The number of amides is 1. The molecule has 0 radical (unpaired) electrons. The summed E-state index contributed by atoms with van der Waals surface area (Å²) in [6.07, 6.45) is -4.41. The first kappa shape index (κ1) is 20.8. The van der Waals surface area contributed by atoms with Crippen LogP contribution in [0.4, 0.5) is 24.5 Å². The van der Waals surface area contributed by atoms with E-state index in [9.17, 15) is 18.0 Å². The molecule has 2 aromatic carbocycles. The van der Waals surface area contributed by atoms with Gasteiger partial charge < -0.3 is 11.1 Å². The van der Waals surface area contributed by atoms with Gasteiger partial charge in [-0.05, 0) is 42.2 Å². The van der Waals surface area contributed by atoms with Gasteiger partial charge in [-0.25, -0.2) is 0 Å². The van der Waals surface area contributed by atoms with Crippen LogP contribution in [-0.4, -0.2) is 12.1 Å². The van der Waals surface area contributed by atoms with Crippen molar-refractivity contribution in [2.75, 3.05) is 11.1 Å². The summed E-state index contributed by atoms with van der Waals surface area (Å²) in [6, 6.07) is 13.8. The summed E-state index contributed by atoms with van der Waals surface area (Å²) >= 11 is 0. The third-order valence-electron chi connectivity index (χ3n) is 3.58. The molecule has 0 spiro atoms. The predicted octanol–water partition coefficient (Wildman–Crippen LogP) is 4.76. The molecule has 0 aliphatic rings. The third-order valence-corrected chi connectivity index (χ3v) is 3.58. The Bertz CT molecular complexity index is 705. The van der Waals surface area contributed by atoms with Gasteiger partial charge in [-0.15, -0.1) is 12.4 Å². The molecule has 3 nitrogen and oxygen atoms in total. The van der Waals surface area contributed by atoms with Crippen LogP contribution >= 0.6 is 12.4 Å². The monoisotopic (exact) mass is 372 g/mol. The quantitative estimate of drug-likeness (QED) is 0.718. The number of carbonyl (C=O) groups excluding carboxylic acids is 1. The first-order chi connectivity index (χ1) is 11.3. The Morgan fingerprint density at radius 3 is 2.44 bits per heavy atom. The van der Waals surface area contributed by atoms with E-state index >= 15 is 0 Å². The van der Waals surface area contributed by atoms with Crippen molar-refractivity contribution in [3.8, 4) is 0 Å². The highest BCUT2D eigenvalue weighted by atomic mass is 35.5. The Morgan fingerprint density at radius 1 is 1.04 bits per heavy atom. The number of alkyl halides is 3. The Kier molecular flexibility index (Phi) is 7.77. The maximum Gasteiger partial charge on any atom is 0.389 e. The van der Waals surface area contributed by atoms with E-state index in [1.165, 1.54) is 0 Å². The highest BCUT2D eigenvalue weighted by molar-refractivity contribution is 5.91. The number of nitrogens with one attached hydrogen (secondary N) is 1. The number of aryl methyl sites for hydroxylation is 2. The van der Waals surface area contributed by atoms with E-state index in [0.29, 0.717) is 23.4 Å². The van der Waals surface area contributed by atoms with Crippen molar-refractivity contribution in [2.24, 2.45) is 0 Å². The lowest BCUT2D eigenvalue weighted by molar-refractivity contribution is -0.134. The summed E-state index contributed by atoms with van der Waals surface area (Å²) in [6.45, 7) is 0. The molecule has 1 amide bonds. The molecular formula is C18H20ClF3N2O. The molecule has 0 aliphatic carbocycles. The molecular weight excluding hydrogens is 353 g/mol. The molecule has 0 unspecified atom stereocenters. The highest BCUT2D eigenvalue weighted by Crippen LogP contribution is 2.23. The summed E-state index contributed by atoms with van der Waals surface area (Å²) in [4.78, 5) is 12.0. The van der Waals surface area contributed by atoms with Crippen LogP contribution in [0.2, 0.25) is 0 Å². The summed E-state index contributed by atoms with van der Waals surface area (Å²) in [5.74, 6) is -0.203. The maximum absolute atomic E-state index is 12.3. The van der Waals surface area contributed by atoms with Crippen molar-refractivity contribution in [3.63, 3.8) is 0 Å². The standard InChI is InChI=1S/C18H19F3N2O.ClH/c19-18(20,21)11-10-13-4-3-6-15(12-13)23-17(24)9-8-14-5-1-2-7-16(14)22;/h1-7,12H,8-11,22H2,(H,23,24);1H. The summed E-state index contributed by atoms with van der Waals surface area (Å²) in [7, 11) is 0. The van der Waals surface area contributed by atoms with Crippen molar-refractivity contribution in [1.29, 1.82) is 0 Å². The molecule has 0 saturated heterocycles. The van der Waals surface area contributed by atoms with Crippen LogP contribution in [0.15, 0.2) is 48.5 Å². The minimum Gasteiger partial charge on any atom is -0.399 e. The zero-order valence-electron chi connectivity index (χ0n) is 13.5. The number of para-hydroxylation sites is 1. The topological polar surface area (TPSA) is 55.1 Å². The van der Waals surface area contributed by atoms with Crippen molar-refractivity contribution < 1.29 is 18.0 Å². The van der Waals surface area contributed by atoms with Crippen molar-refractivity contribution >= 4 is 29.7 Å². The van der Waals surface area contributed by atoms with Crippen LogP contribution in [-0.2, 0) is 17.6 Å². The molecule has 25 heavy (non-hydrogen) atoms. The Labute approximate surface area is 150 Å². The molecule has 7 heteroatoms. The molecule has 0 aliphatic heterocycles. The fraction of sp³-hybridized carbons (Fsp3) is 0.278. The van der Waals surface area contributed by atoms with Gasteiger partial charge in [-0.1, -0.05) is 30.3 Å². The highest BCUT2D eigenvalue weighted by Gasteiger charge is 2.26. The lowest BCUT2D eigenvalue weighted by atomic mass is 10.1. The van der Waals surface area contributed by atoms with Crippen LogP contribution in [0.5, 0.6) is 0 Å². The van der Waals surface area contributed by atoms with Gasteiger partial charge in [-0.2, -0.15) is 13.2 Å². The SMILES string of the molecule is Cl.Nc1ccccc1CCC(=O)Nc1cccc(CCC(F)(F)F)c1. The van der Waals surface area contributed by atoms with Crippen LogP contribution in [0.1, 0.15) is 24.0 Å². The van der Waals surface area contributed by atoms with E-state index in [2.05, 4.69) is 5.32 Å². The first-order valence-electron chi connectivity index (χ1n) is 7.62. The molecule has 3 N–H and O–H groups in total. The zero-order valence-corrected chi connectivity index (χ0v) is 14.3. The van der Waals surface area contributed by atoms with Gasteiger partial charge in [-0.3, -0.25) is 4.79 Å². The Morgan fingerprint density at radius 2 is 1.76 bits per heavy atom. The van der Waals surface area contributed by atoms with E-state index in [4.69, 9.17) is 5.73 Å². The predicted molar refractivity (Wildman–Crippen MR) is 95.9 cm³/mol. The molecule has 0 saturated carbocycles. The average Bonchev–Trinajstić information content (AvgIpc) is 2.52. The van der Waals surface area contributed by atoms with E-state index in [1.807, 2.05) is 18.2 Å². The van der Waals surface area contributed by atoms with E-state index in [0.717, 1.165) is 5.56 Å². The number of hydrogen-bond donors (Lipinski definition) is 2. The fourth-order valence-electron chi connectivity index (χ4n) is 2.32. The Balaban J connectivity index is 0.00000312.